The van der Waals surface area contributed by atoms with E-state index in [2.05, 4.69) is 26.8 Å². The molecule has 0 aromatic rings. The van der Waals surface area contributed by atoms with Crippen LogP contribution in [0.3, 0.4) is 0 Å². The van der Waals surface area contributed by atoms with Crippen LogP contribution in [0.5, 0.6) is 0 Å². The molecule has 0 amide bonds. The maximum absolute atomic E-state index is 13.8. The molecule has 24 heavy (non-hydrogen) atoms. The molecule has 0 aromatic heterocycles. The van der Waals surface area contributed by atoms with Crippen LogP contribution < -0.4 is 0 Å². The van der Waals surface area contributed by atoms with Crippen LogP contribution in [0.25, 0.3) is 0 Å². The van der Waals surface area contributed by atoms with Crippen LogP contribution in [0.15, 0.2) is 23.0 Å². The molecule has 0 N–H and O–H groups in total. The summed E-state index contributed by atoms with van der Waals surface area (Å²) in [7, 11) is 1.53. The van der Waals surface area contributed by atoms with E-state index in [0.29, 0.717) is 23.2 Å². The van der Waals surface area contributed by atoms with Crippen molar-refractivity contribution in [2.75, 3.05) is 7.11 Å². The van der Waals surface area contributed by atoms with Crippen LogP contribution in [0.2, 0.25) is 0 Å². The van der Waals surface area contributed by atoms with Crippen LogP contribution in [0.4, 0.5) is 0 Å². The third-order valence-electron chi connectivity index (χ3n) is 7.89. The van der Waals surface area contributed by atoms with Crippen molar-refractivity contribution < 1.29 is 14.3 Å². The number of methoxy groups -OCH3 is 1. The Hall–Kier alpha value is -1.38. The molecule has 0 saturated heterocycles. The van der Waals surface area contributed by atoms with Gasteiger partial charge >= 0.3 is 0 Å². The number of hydrogen-bond acceptors (Lipinski definition) is 3. The van der Waals surface area contributed by atoms with Gasteiger partial charge in [-0.05, 0) is 63.2 Å². The molecule has 2 saturated carbocycles. The molecule has 0 heterocycles. The minimum Gasteiger partial charge on any atom is -0.493 e. The molecule has 3 heteroatoms. The lowest BCUT2D eigenvalue weighted by molar-refractivity contribution is -0.174. The topological polar surface area (TPSA) is 43.4 Å². The quantitative estimate of drug-likeness (QED) is 0.681. The first-order valence-corrected chi connectivity index (χ1v) is 9.34. The van der Waals surface area contributed by atoms with Crippen molar-refractivity contribution in [3.63, 3.8) is 0 Å². The number of carbonyl (C=O) groups is 2. The molecule has 3 nitrogen and oxygen atoms in total. The molecule has 0 radical (unpaired) electrons. The summed E-state index contributed by atoms with van der Waals surface area (Å²) < 4.78 is 5.47. The fourth-order valence-corrected chi connectivity index (χ4v) is 7.16. The van der Waals surface area contributed by atoms with Crippen LogP contribution in [-0.4, -0.2) is 18.7 Å². The van der Waals surface area contributed by atoms with E-state index in [4.69, 9.17) is 4.74 Å². The highest BCUT2D eigenvalue weighted by molar-refractivity contribution is 6.17. The average molecular weight is 328 g/mol. The van der Waals surface area contributed by atoms with Gasteiger partial charge in [-0.25, -0.2) is 0 Å². The van der Waals surface area contributed by atoms with Gasteiger partial charge in [0.1, 0.15) is 0 Å². The number of allylic oxidation sites excluding steroid dienone is 4. The zero-order chi connectivity index (χ0) is 17.4. The SMILES string of the molecule is COC1=C(C)C(=O)C23[C@@H]4C=C(C)C[C@@]2(C1=O)[C@@H](C)CC[C@@H]3[C@@H](C)C4. The Kier molecular flexibility index (Phi) is 3.24. The molecule has 1 unspecified atom stereocenters. The Balaban J connectivity index is 2.09. The van der Waals surface area contributed by atoms with E-state index in [1.165, 1.54) is 12.7 Å². The van der Waals surface area contributed by atoms with E-state index in [0.717, 1.165) is 25.7 Å². The Morgan fingerprint density at radius 2 is 1.83 bits per heavy atom. The minimum atomic E-state index is -0.591. The minimum absolute atomic E-state index is 0.103. The largest absolute Gasteiger partial charge is 0.493 e. The van der Waals surface area contributed by atoms with E-state index in [-0.39, 0.29) is 23.4 Å². The van der Waals surface area contributed by atoms with Crippen LogP contribution in [0.1, 0.15) is 53.4 Å². The van der Waals surface area contributed by atoms with Crippen molar-refractivity contribution in [1.82, 2.24) is 0 Å². The van der Waals surface area contributed by atoms with Gasteiger partial charge in [-0.15, -0.1) is 0 Å². The molecule has 1 spiro atoms. The predicted molar refractivity (Wildman–Crippen MR) is 92.1 cm³/mol. The Morgan fingerprint density at radius 3 is 2.50 bits per heavy atom. The number of rotatable bonds is 1. The highest BCUT2D eigenvalue weighted by Crippen LogP contribution is 2.74. The fourth-order valence-electron chi connectivity index (χ4n) is 7.16. The van der Waals surface area contributed by atoms with Crippen molar-refractivity contribution in [3.05, 3.63) is 23.0 Å². The van der Waals surface area contributed by atoms with Crippen LogP contribution in [0, 0.1) is 34.5 Å². The average Bonchev–Trinajstić information content (AvgIpc) is 2.82. The maximum Gasteiger partial charge on any atom is 0.205 e. The first-order valence-electron chi connectivity index (χ1n) is 9.34. The Labute approximate surface area is 144 Å². The third kappa shape index (κ3) is 1.46. The zero-order valence-electron chi connectivity index (χ0n) is 15.4. The standard InChI is InChI=1S/C21H28O3/c1-11-8-15-9-12(2)16-7-6-13(3)20(10-11)19(23)17(24-5)14(4)18(22)21(15,16)20/h8,12-13,15-16H,6-7,9-10H2,1-5H3/t12-,13-,15+,16+,20-,21?/m0/s1. The van der Waals surface area contributed by atoms with Gasteiger partial charge in [0.05, 0.1) is 17.9 Å². The molecular weight excluding hydrogens is 300 g/mol. The monoisotopic (exact) mass is 328 g/mol. The first-order chi connectivity index (χ1) is 11.3. The van der Waals surface area contributed by atoms with E-state index >= 15 is 0 Å². The molecule has 4 aliphatic rings. The zero-order valence-corrected chi connectivity index (χ0v) is 15.4. The molecule has 0 aromatic carbocycles. The lowest BCUT2D eigenvalue weighted by Gasteiger charge is -2.62. The summed E-state index contributed by atoms with van der Waals surface area (Å²) in [6.45, 7) is 8.40. The van der Waals surface area contributed by atoms with Gasteiger partial charge in [0.25, 0.3) is 0 Å². The van der Waals surface area contributed by atoms with Gasteiger partial charge in [0.2, 0.25) is 5.78 Å². The second-order valence-corrected chi connectivity index (χ2v) is 8.75. The summed E-state index contributed by atoms with van der Waals surface area (Å²) in [4.78, 5) is 27.5. The fraction of sp³-hybridized carbons (Fsp3) is 0.714. The van der Waals surface area contributed by atoms with Crippen LogP contribution in [-0.2, 0) is 14.3 Å². The molecule has 0 aliphatic heterocycles. The molecule has 130 valence electrons. The van der Waals surface area contributed by atoms with Gasteiger partial charge in [-0.3, -0.25) is 9.59 Å². The van der Waals surface area contributed by atoms with Crippen LogP contribution >= 0.6 is 0 Å². The second kappa shape index (κ2) is 4.83. The van der Waals surface area contributed by atoms with Crippen molar-refractivity contribution >= 4 is 11.6 Å². The number of carbonyl (C=O) groups excluding carboxylic acids is 2. The van der Waals surface area contributed by atoms with E-state index in [9.17, 15) is 9.59 Å². The van der Waals surface area contributed by atoms with Gasteiger partial charge in [0, 0.05) is 5.57 Å². The van der Waals surface area contributed by atoms with Gasteiger partial charge in [-0.1, -0.05) is 25.5 Å². The maximum atomic E-state index is 13.8. The lowest BCUT2D eigenvalue weighted by atomic mass is 9.38. The molecule has 2 fully saturated rings. The van der Waals surface area contributed by atoms with Crippen molar-refractivity contribution in [2.45, 2.75) is 53.4 Å². The molecule has 4 rings (SSSR count). The lowest BCUT2D eigenvalue weighted by Crippen LogP contribution is -2.67. The highest BCUT2D eigenvalue weighted by atomic mass is 16.5. The number of ketones is 2. The van der Waals surface area contributed by atoms with Gasteiger partial charge in [0.15, 0.2) is 11.5 Å². The Morgan fingerprint density at radius 1 is 1.12 bits per heavy atom. The Bertz CT molecular complexity index is 700. The van der Waals surface area contributed by atoms with E-state index < -0.39 is 10.8 Å². The number of Topliss-reactive ketones (excluding diaryl/α,β-unsaturated/α-hetero) is 2. The normalized spacial score (nSPS) is 47.3. The molecule has 4 aliphatic carbocycles. The van der Waals surface area contributed by atoms with E-state index in [1.54, 1.807) is 6.92 Å². The number of hydrogen-bond donors (Lipinski definition) is 0. The van der Waals surface area contributed by atoms with Gasteiger partial charge in [-0.2, -0.15) is 0 Å². The highest BCUT2D eigenvalue weighted by Gasteiger charge is 2.76. The molecule has 0 bridgehead atoms. The molecule has 6 atom stereocenters. The summed E-state index contributed by atoms with van der Waals surface area (Å²) in [6.07, 6.45) is 6.18. The van der Waals surface area contributed by atoms with Crippen molar-refractivity contribution in [3.8, 4) is 0 Å². The smallest absolute Gasteiger partial charge is 0.205 e. The summed E-state index contributed by atoms with van der Waals surface area (Å²) in [6, 6.07) is 0. The summed E-state index contributed by atoms with van der Waals surface area (Å²) in [5.41, 5.74) is 0.719. The van der Waals surface area contributed by atoms with Crippen molar-refractivity contribution in [2.24, 2.45) is 34.5 Å². The predicted octanol–water partition coefficient (Wildman–Crippen LogP) is 4.08. The third-order valence-corrected chi connectivity index (χ3v) is 7.89. The van der Waals surface area contributed by atoms with E-state index in [1.807, 2.05) is 0 Å². The second-order valence-electron chi connectivity index (χ2n) is 8.75. The number of ether oxygens (including phenoxy) is 1. The van der Waals surface area contributed by atoms with Crippen molar-refractivity contribution in [1.29, 1.82) is 0 Å². The first kappa shape index (κ1) is 16.1. The summed E-state index contributed by atoms with van der Waals surface area (Å²) in [5, 5.41) is 0. The summed E-state index contributed by atoms with van der Waals surface area (Å²) >= 11 is 0. The van der Waals surface area contributed by atoms with Gasteiger partial charge < -0.3 is 4.74 Å². The summed E-state index contributed by atoms with van der Waals surface area (Å²) in [5.74, 6) is 1.88. The molecular formula is C21H28O3.